The Bertz CT molecular complexity index is 224. The van der Waals surface area contributed by atoms with E-state index in [0.29, 0.717) is 0 Å². The third kappa shape index (κ3) is 1.06. The van der Waals surface area contributed by atoms with Gasteiger partial charge in [0.2, 0.25) is 0 Å². The highest BCUT2D eigenvalue weighted by Crippen LogP contribution is 2.23. The Morgan fingerprint density at radius 3 is 2.90 bits per heavy atom. The summed E-state index contributed by atoms with van der Waals surface area (Å²) in [6.07, 6.45) is 2.50. The summed E-state index contributed by atoms with van der Waals surface area (Å²) in [4.78, 5) is 0. The highest BCUT2D eigenvalue weighted by molar-refractivity contribution is 5.37. The second kappa shape index (κ2) is 2.61. The number of nitriles is 1. The molecule has 1 nitrogen and oxygen atoms in total. The van der Waals surface area contributed by atoms with Gasteiger partial charge < -0.3 is 0 Å². The van der Waals surface area contributed by atoms with Crippen LogP contribution in [0.3, 0.4) is 0 Å². The van der Waals surface area contributed by atoms with Gasteiger partial charge in [0.25, 0.3) is 0 Å². The van der Waals surface area contributed by atoms with E-state index < -0.39 is 12.0 Å². The number of rotatable bonds is 0. The third-order valence-electron chi connectivity index (χ3n) is 1.11. The first kappa shape index (κ1) is 6.94. The van der Waals surface area contributed by atoms with Crippen LogP contribution in [0.5, 0.6) is 0 Å². The highest BCUT2D eigenvalue weighted by atomic mass is 19.2. The topological polar surface area (TPSA) is 23.8 Å². The van der Waals surface area contributed by atoms with Crippen LogP contribution in [0.25, 0.3) is 0 Å². The lowest BCUT2D eigenvalue weighted by Crippen LogP contribution is -2.12. The standard InChI is InChI=1S/C7H3F2N/c8-6-3-1-2-5(4-10)7(6)9/h1-2,7H. The van der Waals surface area contributed by atoms with E-state index in [1.807, 2.05) is 6.08 Å². The lowest BCUT2D eigenvalue weighted by molar-refractivity contribution is 0.351. The number of hydrogen-bond donors (Lipinski definition) is 0. The van der Waals surface area contributed by atoms with Crippen LogP contribution >= 0.6 is 0 Å². The van der Waals surface area contributed by atoms with Crippen molar-refractivity contribution in [3.05, 3.63) is 30.0 Å². The first-order chi connectivity index (χ1) is 4.75. The van der Waals surface area contributed by atoms with Gasteiger partial charge in [-0.3, -0.25) is 0 Å². The Kier molecular flexibility index (Phi) is 1.81. The van der Waals surface area contributed by atoms with Gasteiger partial charge in [-0.1, -0.05) is 12.2 Å². The van der Waals surface area contributed by atoms with Gasteiger partial charge in [0.15, 0.2) is 6.17 Å². The molecule has 0 saturated heterocycles. The van der Waals surface area contributed by atoms with Gasteiger partial charge in [0, 0.05) is 6.08 Å². The van der Waals surface area contributed by atoms with E-state index in [4.69, 9.17) is 5.26 Å². The molecule has 1 unspecified atom stereocenters. The molecule has 0 aromatic heterocycles. The molecule has 1 atom stereocenters. The van der Waals surface area contributed by atoms with Crippen molar-refractivity contribution >= 4 is 0 Å². The molecule has 50 valence electrons. The fourth-order valence-electron chi connectivity index (χ4n) is 0.599. The van der Waals surface area contributed by atoms with Crippen molar-refractivity contribution in [2.24, 2.45) is 0 Å². The molecule has 0 fully saturated rings. The van der Waals surface area contributed by atoms with Crippen LogP contribution in [0.4, 0.5) is 8.78 Å². The zero-order valence-corrected chi connectivity index (χ0v) is 4.94. The summed E-state index contributed by atoms with van der Waals surface area (Å²) in [6.45, 7) is 0. The van der Waals surface area contributed by atoms with Crippen molar-refractivity contribution in [3.63, 3.8) is 0 Å². The summed E-state index contributed by atoms with van der Waals surface area (Å²) >= 11 is 0. The van der Waals surface area contributed by atoms with Crippen LogP contribution in [-0.2, 0) is 0 Å². The van der Waals surface area contributed by atoms with Crippen LogP contribution < -0.4 is 0 Å². The zero-order chi connectivity index (χ0) is 7.56. The molecule has 1 rings (SSSR count). The van der Waals surface area contributed by atoms with Crippen molar-refractivity contribution in [1.29, 1.82) is 5.26 Å². The normalized spacial score (nSPS) is 25.7. The van der Waals surface area contributed by atoms with Crippen molar-refractivity contribution in [3.8, 4) is 6.07 Å². The minimum atomic E-state index is -1.91. The quantitative estimate of drug-likeness (QED) is 0.500. The Morgan fingerprint density at radius 1 is 1.70 bits per heavy atom. The van der Waals surface area contributed by atoms with E-state index in [1.165, 1.54) is 18.2 Å². The summed E-state index contributed by atoms with van der Waals surface area (Å²) in [5, 5.41) is 8.19. The van der Waals surface area contributed by atoms with Gasteiger partial charge in [-0.05, 0) is 0 Å². The van der Waals surface area contributed by atoms with Gasteiger partial charge in [-0.15, -0.1) is 0 Å². The van der Waals surface area contributed by atoms with Crippen LogP contribution in [0.2, 0.25) is 0 Å². The second-order valence-electron chi connectivity index (χ2n) is 1.76. The number of allylic oxidation sites excluding steroid dienone is 4. The summed E-state index contributed by atoms with van der Waals surface area (Å²) in [7, 11) is 0. The third-order valence-corrected chi connectivity index (χ3v) is 1.11. The smallest absolute Gasteiger partial charge is 0.176 e. The Labute approximate surface area is 57.3 Å². The van der Waals surface area contributed by atoms with Crippen molar-refractivity contribution < 1.29 is 8.78 Å². The molecular formula is C7H3F2N. The van der Waals surface area contributed by atoms with Crippen molar-refractivity contribution in [2.45, 2.75) is 6.17 Å². The lowest BCUT2D eigenvalue weighted by Gasteiger charge is -2.09. The van der Waals surface area contributed by atoms with E-state index in [0.717, 1.165) is 0 Å². The molecule has 0 bridgehead atoms. The van der Waals surface area contributed by atoms with Crippen LogP contribution in [0.1, 0.15) is 0 Å². The predicted octanol–water partition coefficient (Wildman–Crippen LogP) is 1.65. The van der Waals surface area contributed by atoms with E-state index in [2.05, 4.69) is 0 Å². The number of hydrogen-bond acceptors (Lipinski definition) is 1. The molecule has 0 heterocycles. The van der Waals surface area contributed by atoms with Gasteiger partial charge in [0.1, 0.15) is 11.7 Å². The summed E-state index contributed by atoms with van der Waals surface area (Å²) in [5.74, 6) is -1.24. The Balaban J connectivity index is 2.80. The SMILES string of the molecule is N#C[C]1C=C[C]=C(F)C1F. The molecule has 2 radical (unpaired) electrons. The minimum Gasteiger partial charge on any atom is -0.237 e. The highest BCUT2D eigenvalue weighted by Gasteiger charge is 2.25. The van der Waals surface area contributed by atoms with E-state index >= 15 is 0 Å². The molecule has 0 aromatic carbocycles. The molecule has 0 amide bonds. The van der Waals surface area contributed by atoms with Crippen LogP contribution in [0, 0.1) is 23.3 Å². The maximum Gasteiger partial charge on any atom is 0.176 e. The maximum absolute atomic E-state index is 12.5. The molecule has 1 aliphatic rings. The average Bonchev–Trinajstić information content (AvgIpc) is 1.95. The lowest BCUT2D eigenvalue weighted by atomic mass is 10.00. The molecule has 0 saturated carbocycles. The molecule has 1 aliphatic carbocycles. The maximum atomic E-state index is 12.5. The first-order valence-corrected chi connectivity index (χ1v) is 2.62. The molecule has 3 heteroatoms. The van der Waals surface area contributed by atoms with E-state index in [1.54, 1.807) is 0 Å². The summed E-state index contributed by atoms with van der Waals surface area (Å²) < 4.78 is 24.7. The van der Waals surface area contributed by atoms with Gasteiger partial charge >= 0.3 is 0 Å². The summed E-state index contributed by atoms with van der Waals surface area (Å²) in [6, 6.07) is 1.54. The molecule has 0 aliphatic heterocycles. The van der Waals surface area contributed by atoms with Crippen molar-refractivity contribution in [1.82, 2.24) is 0 Å². The molecule has 0 N–H and O–H groups in total. The monoisotopic (exact) mass is 139 g/mol. The Morgan fingerprint density at radius 2 is 2.40 bits per heavy atom. The molecular weight excluding hydrogens is 136 g/mol. The number of halogens is 2. The molecule has 10 heavy (non-hydrogen) atoms. The zero-order valence-electron chi connectivity index (χ0n) is 4.94. The van der Waals surface area contributed by atoms with Crippen molar-refractivity contribution in [2.75, 3.05) is 0 Å². The predicted molar refractivity (Wildman–Crippen MR) is 30.8 cm³/mol. The number of nitrogens with zero attached hydrogens (tertiary/aromatic N) is 1. The molecule has 0 spiro atoms. The van der Waals surface area contributed by atoms with Gasteiger partial charge in [-0.25, -0.2) is 8.78 Å². The van der Waals surface area contributed by atoms with Crippen LogP contribution in [0.15, 0.2) is 18.0 Å². The largest absolute Gasteiger partial charge is 0.237 e. The first-order valence-electron chi connectivity index (χ1n) is 2.62. The molecule has 0 aromatic rings. The minimum absolute atomic E-state index is 0.212. The second-order valence-corrected chi connectivity index (χ2v) is 1.76. The summed E-state index contributed by atoms with van der Waals surface area (Å²) in [5.41, 5.74) is 0. The Hall–Kier alpha value is -1.17. The number of alkyl halides is 1. The fourth-order valence-corrected chi connectivity index (χ4v) is 0.599. The van der Waals surface area contributed by atoms with Gasteiger partial charge in [0.05, 0.1) is 6.07 Å². The van der Waals surface area contributed by atoms with Gasteiger partial charge in [-0.2, -0.15) is 5.26 Å². The fraction of sp³-hybridized carbons (Fsp3) is 0.143. The van der Waals surface area contributed by atoms with E-state index in [9.17, 15) is 8.78 Å². The average molecular weight is 139 g/mol. The van der Waals surface area contributed by atoms with E-state index in [-0.39, 0.29) is 5.92 Å². The van der Waals surface area contributed by atoms with Crippen LogP contribution in [-0.4, -0.2) is 6.17 Å².